The lowest BCUT2D eigenvalue weighted by molar-refractivity contribution is -0.870. The van der Waals surface area contributed by atoms with Crippen LogP contribution in [0.4, 0.5) is 0 Å². The third-order valence-electron chi connectivity index (χ3n) is 6.48. The van der Waals surface area contributed by atoms with Gasteiger partial charge in [0.1, 0.15) is 19.3 Å². The van der Waals surface area contributed by atoms with Gasteiger partial charge >= 0.3 is 0 Å². The van der Waals surface area contributed by atoms with Crippen LogP contribution in [0.3, 0.4) is 0 Å². The summed E-state index contributed by atoms with van der Waals surface area (Å²) in [4.78, 5) is 12.1. The molecular weight excluding hydrogens is 489 g/mol. The Morgan fingerprint density at radius 3 is 1.59 bits per heavy atom. The van der Waals surface area contributed by atoms with Crippen molar-refractivity contribution in [2.45, 2.75) is 129 Å². The minimum absolute atomic E-state index is 0.0734. The molecule has 0 aromatic rings. The third-order valence-corrected chi connectivity index (χ3v) is 7.44. The summed E-state index contributed by atoms with van der Waals surface area (Å²) in [6, 6.07) is 0. The number of phosphoric ester groups is 1. The number of hydrogen-bond acceptors (Lipinski definition) is 6. The molecular formula is C29H62NO6P. The Balaban J connectivity index is 3.89. The van der Waals surface area contributed by atoms with E-state index in [1.807, 2.05) is 21.1 Å². The first-order valence-corrected chi connectivity index (χ1v) is 16.8. The number of phosphoric acid groups is 1. The van der Waals surface area contributed by atoms with Gasteiger partial charge in [0.15, 0.2) is 0 Å². The van der Waals surface area contributed by atoms with Crippen LogP contribution in [0, 0.1) is 0 Å². The Hall–Kier alpha value is -0.0100. The van der Waals surface area contributed by atoms with Crippen molar-refractivity contribution in [1.29, 1.82) is 0 Å². The molecule has 0 radical (unpaired) electrons. The Labute approximate surface area is 230 Å². The van der Waals surface area contributed by atoms with E-state index in [2.05, 4.69) is 13.8 Å². The molecule has 0 bridgehead atoms. The molecule has 0 amide bonds. The molecule has 0 aromatic heterocycles. The van der Waals surface area contributed by atoms with Gasteiger partial charge in [-0.1, -0.05) is 110 Å². The summed E-state index contributed by atoms with van der Waals surface area (Å²) in [6.45, 7) is 6.60. The van der Waals surface area contributed by atoms with Crippen LogP contribution in [0.2, 0.25) is 0 Å². The molecule has 0 aromatic carbocycles. The summed E-state index contributed by atoms with van der Waals surface area (Å²) in [5.74, 6) is 0. The standard InChI is InChI=1S/C29H62NO6P/c1-6-8-10-11-12-13-14-15-16-17-18-19-20-22-24-33-27-29(34-25-21-9-7-2)28-36-37(31,32)35-26-23-30(3,4)5/h29H,6-28H2,1-5H3/t29-/m1/s1. The Bertz CT molecular complexity index is 529. The fourth-order valence-corrected chi connectivity index (χ4v) is 4.73. The average molecular weight is 552 g/mol. The largest absolute Gasteiger partial charge is 0.756 e. The molecule has 8 heteroatoms. The van der Waals surface area contributed by atoms with Crippen molar-refractivity contribution < 1.29 is 32.5 Å². The highest BCUT2D eigenvalue weighted by Gasteiger charge is 2.17. The predicted molar refractivity (Wildman–Crippen MR) is 153 cm³/mol. The molecule has 0 saturated carbocycles. The SMILES string of the molecule is CCCCCCCCCCCCCCCCOC[C@H](COP(=O)([O-])OCC[N+](C)(C)C)OCCCCC. The molecule has 2 atom stereocenters. The topological polar surface area (TPSA) is 77.1 Å². The highest BCUT2D eigenvalue weighted by Crippen LogP contribution is 2.38. The van der Waals surface area contributed by atoms with Crippen molar-refractivity contribution >= 4 is 7.82 Å². The molecule has 1 unspecified atom stereocenters. The van der Waals surface area contributed by atoms with Crippen molar-refractivity contribution in [3.63, 3.8) is 0 Å². The molecule has 7 nitrogen and oxygen atoms in total. The number of ether oxygens (including phenoxy) is 2. The Morgan fingerprint density at radius 2 is 1.08 bits per heavy atom. The van der Waals surface area contributed by atoms with E-state index in [4.69, 9.17) is 18.5 Å². The summed E-state index contributed by atoms with van der Waals surface area (Å²) in [5, 5.41) is 0. The number of rotatable bonds is 29. The summed E-state index contributed by atoms with van der Waals surface area (Å²) < 4.78 is 34.5. The molecule has 224 valence electrons. The molecule has 0 spiro atoms. The van der Waals surface area contributed by atoms with Gasteiger partial charge < -0.3 is 27.9 Å². The van der Waals surface area contributed by atoms with Crippen LogP contribution in [0.1, 0.15) is 123 Å². The lowest BCUT2D eigenvalue weighted by Gasteiger charge is -2.28. The first kappa shape index (κ1) is 37.0. The van der Waals surface area contributed by atoms with E-state index >= 15 is 0 Å². The number of likely N-dealkylation sites (N-methyl/N-ethyl adjacent to an activating group) is 1. The van der Waals surface area contributed by atoms with Crippen LogP contribution in [0.25, 0.3) is 0 Å². The maximum Gasteiger partial charge on any atom is 0.268 e. The number of hydrogen-bond donors (Lipinski definition) is 0. The number of unbranched alkanes of at least 4 members (excludes halogenated alkanes) is 15. The number of nitrogens with zero attached hydrogens (tertiary/aromatic N) is 1. The highest BCUT2D eigenvalue weighted by atomic mass is 31.2. The fourth-order valence-electron chi connectivity index (χ4n) is 4.00. The molecule has 0 fully saturated rings. The fraction of sp³-hybridized carbons (Fsp3) is 1.00. The minimum atomic E-state index is -4.35. The second-order valence-electron chi connectivity index (χ2n) is 11.5. The third kappa shape index (κ3) is 28.8. The van der Waals surface area contributed by atoms with Crippen molar-refractivity contribution in [2.24, 2.45) is 0 Å². The number of quaternary nitrogens is 1. The molecule has 0 aliphatic heterocycles. The summed E-state index contributed by atoms with van der Waals surface area (Å²) in [5.41, 5.74) is 0. The summed E-state index contributed by atoms with van der Waals surface area (Å²) in [7, 11) is 1.60. The van der Waals surface area contributed by atoms with Crippen LogP contribution in [-0.2, 0) is 23.1 Å². The van der Waals surface area contributed by atoms with E-state index in [1.54, 1.807) is 0 Å². The Kier molecular flexibility index (Phi) is 25.0. The monoisotopic (exact) mass is 551 g/mol. The first-order valence-electron chi connectivity index (χ1n) is 15.3. The molecule has 0 rings (SSSR count). The van der Waals surface area contributed by atoms with Gasteiger partial charge in [-0.3, -0.25) is 4.57 Å². The van der Waals surface area contributed by atoms with Gasteiger partial charge in [-0.05, 0) is 12.8 Å². The lowest BCUT2D eigenvalue weighted by Crippen LogP contribution is -2.37. The quantitative estimate of drug-likeness (QED) is 0.0553. The molecule has 0 N–H and O–H groups in total. The first-order chi connectivity index (χ1) is 17.7. The van der Waals surface area contributed by atoms with Crippen molar-refractivity contribution in [1.82, 2.24) is 0 Å². The average Bonchev–Trinajstić information content (AvgIpc) is 2.83. The van der Waals surface area contributed by atoms with Crippen molar-refractivity contribution in [2.75, 3.05) is 60.7 Å². The maximum atomic E-state index is 12.1. The van der Waals surface area contributed by atoms with Crippen LogP contribution in [-0.4, -0.2) is 71.3 Å². The molecule has 0 aliphatic rings. The van der Waals surface area contributed by atoms with Gasteiger partial charge in [-0.25, -0.2) is 0 Å². The maximum absolute atomic E-state index is 12.1. The predicted octanol–water partition coefficient (Wildman–Crippen LogP) is 7.27. The molecule has 0 saturated heterocycles. The van der Waals surface area contributed by atoms with Crippen molar-refractivity contribution in [3.05, 3.63) is 0 Å². The second-order valence-corrected chi connectivity index (χ2v) is 12.9. The van der Waals surface area contributed by atoms with Crippen LogP contribution in [0.5, 0.6) is 0 Å². The van der Waals surface area contributed by atoms with Gasteiger partial charge in [-0.2, -0.15) is 0 Å². The summed E-state index contributed by atoms with van der Waals surface area (Å²) >= 11 is 0. The second kappa shape index (κ2) is 25.0. The molecule has 0 aliphatic carbocycles. The van der Waals surface area contributed by atoms with Crippen molar-refractivity contribution in [3.8, 4) is 0 Å². The summed E-state index contributed by atoms with van der Waals surface area (Å²) in [6.07, 6.45) is 21.3. The zero-order chi connectivity index (χ0) is 27.7. The highest BCUT2D eigenvalue weighted by molar-refractivity contribution is 7.45. The van der Waals surface area contributed by atoms with E-state index in [0.717, 1.165) is 25.7 Å². The molecule has 37 heavy (non-hydrogen) atoms. The normalized spacial score (nSPS) is 14.6. The van der Waals surface area contributed by atoms with Crippen LogP contribution in [0.15, 0.2) is 0 Å². The minimum Gasteiger partial charge on any atom is -0.756 e. The van der Waals surface area contributed by atoms with Crippen LogP contribution < -0.4 is 4.89 Å². The van der Waals surface area contributed by atoms with Gasteiger partial charge in [0.2, 0.25) is 0 Å². The Morgan fingerprint density at radius 1 is 0.622 bits per heavy atom. The van der Waals surface area contributed by atoms with Gasteiger partial charge in [-0.15, -0.1) is 0 Å². The van der Waals surface area contributed by atoms with E-state index in [-0.39, 0.29) is 13.2 Å². The smallest absolute Gasteiger partial charge is 0.268 e. The van der Waals surface area contributed by atoms with Gasteiger partial charge in [0.25, 0.3) is 7.82 Å². The zero-order valence-corrected chi connectivity index (χ0v) is 26.1. The van der Waals surface area contributed by atoms with E-state index < -0.39 is 13.9 Å². The van der Waals surface area contributed by atoms with E-state index in [0.29, 0.717) is 30.8 Å². The van der Waals surface area contributed by atoms with Gasteiger partial charge in [0.05, 0.1) is 34.4 Å². The van der Waals surface area contributed by atoms with E-state index in [9.17, 15) is 9.46 Å². The van der Waals surface area contributed by atoms with Gasteiger partial charge in [0, 0.05) is 13.2 Å². The zero-order valence-electron chi connectivity index (χ0n) is 25.2. The van der Waals surface area contributed by atoms with Crippen LogP contribution >= 0.6 is 7.82 Å². The molecule has 0 heterocycles. The van der Waals surface area contributed by atoms with E-state index in [1.165, 1.54) is 83.5 Å². The lowest BCUT2D eigenvalue weighted by atomic mass is 10.0.